The van der Waals surface area contributed by atoms with Crippen molar-refractivity contribution in [3.05, 3.63) is 107 Å². The highest BCUT2D eigenvalue weighted by molar-refractivity contribution is 5.99. The van der Waals surface area contributed by atoms with Crippen LogP contribution in [0.25, 0.3) is 0 Å². The molecule has 0 saturated heterocycles. The third kappa shape index (κ3) is 5.43. The molecular weight excluding hydrogens is 436 g/mol. The summed E-state index contributed by atoms with van der Waals surface area (Å²) in [6.07, 6.45) is 0.302. The summed E-state index contributed by atoms with van der Waals surface area (Å²) in [7, 11) is 0. The van der Waals surface area contributed by atoms with Gasteiger partial charge in [-0.15, -0.1) is 0 Å². The monoisotopic (exact) mass is 468 g/mol. The first kappa shape index (κ1) is 24.2. The van der Waals surface area contributed by atoms with Gasteiger partial charge in [0.2, 0.25) is 5.91 Å². The van der Waals surface area contributed by atoms with Crippen LogP contribution in [-0.2, 0) is 4.79 Å². The molecular formula is C29H32N4O2. The molecule has 35 heavy (non-hydrogen) atoms. The maximum absolute atomic E-state index is 13.3. The number of aliphatic imine (C=N–C) groups is 1. The van der Waals surface area contributed by atoms with E-state index in [1.54, 1.807) is 11.0 Å². The Morgan fingerprint density at radius 1 is 0.914 bits per heavy atom. The molecule has 2 amide bonds. The van der Waals surface area contributed by atoms with Gasteiger partial charge in [-0.25, -0.2) is 4.99 Å². The molecule has 3 N–H and O–H groups in total. The fraction of sp³-hybridized carbons (Fsp3) is 0.276. The predicted octanol–water partition coefficient (Wildman–Crippen LogP) is 4.84. The van der Waals surface area contributed by atoms with E-state index < -0.39 is 6.04 Å². The summed E-state index contributed by atoms with van der Waals surface area (Å²) in [5.41, 5.74) is 9.62. The van der Waals surface area contributed by atoms with Crippen molar-refractivity contribution in [1.82, 2.24) is 10.2 Å². The van der Waals surface area contributed by atoms with Crippen LogP contribution in [0.5, 0.6) is 0 Å². The molecule has 0 spiro atoms. The second kappa shape index (κ2) is 10.6. The van der Waals surface area contributed by atoms with Crippen molar-refractivity contribution in [3.63, 3.8) is 0 Å². The van der Waals surface area contributed by atoms with E-state index in [0.29, 0.717) is 12.0 Å². The molecule has 1 aliphatic rings. The Morgan fingerprint density at radius 3 is 2.11 bits per heavy atom. The van der Waals surface area contributed by atoms with Gasteiger partial charge in [0.1, 0.15) is 0 Å². The minimum Gasteiger partial charge on any atom is -0.369 e. The zero-order valence-electron chi connectivity index (χ0n) is 20.4. The molecule has 3 atom stereocenters. The van der Waals surface area contributed by atoms with Gasteiger partial charge in [0, 0.05) is 5.56 Å². The molecule has 0 aromatic heterocycles. The van der Waals surface area contributed by atoms with Crippen molar-refractivity contribution in [2.24, 2.45) is 16.6 Å². The number of guanidine groups is 1. The second-order valence-electron chi connectivity index (χ2n) is 9.31. The van der Waals surface area contributed by atoms with Crippen LogP contribution in [0.3, 0.4) is 0 Å². The number of rotatable bonds is 7. The molecule has 0 aliphatic carbocycles. The van der Waals surface area contributed by atoms with Crippen LogP contribution < -0.4 is 11.1 Å². The Labute approximate surface area is 206 Å². The smallest absolute Gasteiger partial charge is 0.251 e. The van der Waals surface area contributed by atoms with Crippen molar-refractivity contribution in [2.75, 3.05) is 0 Å². The summed E-state index contributed by atoms with van der Waals surface area (Å²) in [5.74, 6) is 0.175. The number of hydrogen-bond acceptors (Lipinski definition) is 4. The summed E-state index contributed by atoms with van der Waals surface area (Å²) >= 11 is 0. The molecule has 6 nitrogen and oxygen atoms in total. The summed E-state index contributed by atoms with van der Waals surface area (Å²) in [6, 6.07) is 26.2. The van der Waals surface area contributed by atoms with Gasteiger partial charge in [-0.1, -0.05) is 86.6 Å². The summed E-state index contributed by atoms with van der Waals surface area (Å²) in [6.45, 7) is 6.04. The van der Waals surface area contributed by atoms with Crippen LogP contribution >= 0.6 is 0 Å². The standard InChI is InChI=1S/C29H32N4O2/c1-19(2)25-18-26(34)33(29(30)32-25)27(22-13-8-5-9-14-22)23-15-10-16-24(17-23)28(35)31-20(3)21-11-6-4-7-12-21/h4-17,19-20,25,27H,18H2,1-3H3,(H2,30,32)(H,31,35)/t20-,25-,27?/m0/s1. The highest BCUT2D eigenvalue weighted by Crippen LogP contribution is 2.32. The first-order valence-electron chi connectivity index (χ1n) is 12.0. The van der Waals surface area contributed by atoms with Gasteiger partial charge in [0.15, 0.2) is 5.96 Å². The lowest BCUT2D eigenvalue weighted by Gasteiger charge is -2.36. The molecule has 3 aromatic carbocycles. The van der Waals surface area contributed by atoms with E-state index in [1.165, 1.54) is 0 Å². The van der Waals surface area contributed by atoms with Crippen molar-refractivity contribution in [3.8, 4) is 0 Å². The molecule has 6 heteroatoms. The van der Waals surface area contributed by atoms with Crippen molar-refractivity contribution < 1.29 is 9.59 Å². The number of carbonyl (C=O) groups excluding carboxylic acids is 2. The molecule has 1 unspecified atom stereocenters. The molecule has 1 aliphatic heterocycles. The molecule has 0 bridgehead atoms. The zero-order valence-corrected chi connectivity index (χ0v) is 20.4. The van der Waals surface area contributed by atoms with Crippen molar-refractivity contribution in [1.29, 1.82) is 0 Å². The molecule has 0 radical (unpaired) electrons. The summed E-state index contributed by atoms with van der Waals surface area (Å²) in [4.78, 5) is 32.6. The van der Waals surface area contributed by atoms with E-state index in [1.807, 2.05) is 99.6 Å². The van der Waals surface area contributed by atoms with Crippen LogP contribution in [0.15, 0.2) is 89.9 Å². The van der Waals surface area contributed by atoms with Crippen molar-refractivity contribution >= 4 is 17.8 Å². The number of nitrogens with one attached hydrogen (secondary N) is 1. The molecule has 0 fully saturated rings. The number of amides is 2. The van der Waals surface area contributed by atoms with Crippen LogP contribution in [-0.4, -0.2) is 28.7 Å². The maximum atomic E-state index is 13.3. The fourth-order valence-electron chi connectivity index (χ4n) is 4.42. The van der Waals surface area contributed by atoms with Crippen LogP contribution in [0.2, 0.25) is 0 Å². The normalized spacial score (nSPS) is 17.6. The van der Waals surface area contributed by atoms with Crippen LogP contribution in [0.1, 0.15) is 66.3 Å². The third-order valence-electron chi connectivity index (χ3n) is 6.45. The van der Waals surface area contributed by atoms with Gasteiger partial charge in [0.05, 0.1) is 24.5 Å². The first-order valence-corrected chi connectivity index (χ1v) is 12.0. The minimum atomic E-state index is -0.486. The number of benzene rings is 3. The third-order valence-corrected chi connectivity index (χ3v) is 6.45. The Balaban J connectivity index is 1.68. The molecule has 0 saturated carbocycles. The van der Waals surface area contributed by atoms with E-state index in [9.17, 15) is 9.59 Å². The van der Waals surface area contributed by atoms with E-state index >= 15 is 0 Å². The lowest BCUT2D eigenvalue weighted by molar-refractivity contribution is -0.130. The second-order valence-corrected chi connectivity index (χ2v) is 9.31. The SMILES string of the molecule is CC(C)[C@@H]1CC(=O)N(C(c2ccccc2)c2cccc(C(=O)N[C@@H](C)c3ccccc3)c2)C(N)=N1. The van der Waals surface area contributed by atoms with E-state index in [-0.39, 0.29) is 35.8 Å². The van der Waals surface area contributed by atoms with Gasteiger partial charge >= 0.3 is 0 Å². The average Bonchev–Trinajstić information content (AvgIpc) is 2.87. The quantitative estimate of drug-likeness (QED) is 0.520. The largest absolute Gasteiger partial charge is 0.369 e. The highest BCUT2D eigenvalue weighted by Gasteiger charge is 2.35. The van der Waals surface area contributed by atoms with E-state index in [2.05, 4.69) is 10.3 Å². The van der Waals surface area contributed by atoms with Gasteiger partial charge in [0.25, 0.3) is 5.91 Å². The first-order chi connectivity index (χ1) is 16.8. The topological polar surface area (TPSA) is 87.8 Å². The number of nitrogens with zero attached hydrogens (tertiary/aromatic N) is 2. The van der Waals surface area contributed by atoms with Crippen LogP contribution in [0, 0.1) is 5.92 Å². The fourth-order valence-corrected chi connectivity index (χ4v) is 4.42. The number of nitrogens with two attached hydrogens (primary N) is 1. The Hall–Kier alpha value is -3.93. The van der Waals surface area contributed by atoms with Crippen molar-refractivity contribution in [2.45, 2.75) is 45.3 Å². The zero-order chi connectivity index (χ0) is 24.9. The maximum Gasteiger partial charge on any atom is 0.251 e. The molecule has 4 rings (SSSR count). The van der Waals surface area contributed by atoms with Gasteiger partial charge in [-0.3, -0.25) is 14.5 Å². The van der Waals surface area contributed by atoms with Crippen LogP contribution in [0.4, 0.5) is 0 Å². The predicted molar refractivity (Wildman–Crippen MR) is 139 cm³/mol. The molecule has 3 aromatic rings. The Bertz CT molecular complexity index is 1210. The van der Waals surface area contributed by atoms with Gasteiger partial charge < -0.3 is 11.1 Å². The van der Waals surface area contributed by atoms with E-state index in [0.717, 1.165) is 16.7 Å². The number of carbonyl (C=O) groups is 2. The lowest BCUT2D eigenvalue weighted by Crippen LogP contribution is -2.50. The summed E-state index contributed by atoms with van der Waals surface area (Å²) < 4.78 is 0. The van der Waals surface area contributed by atoms with Gasteiger partial charge in [-0.05, 0) is 41.7 Å². The Morgan fingerprint density at radius 2 is 1.51 bits per heavy atom. The molecule has 1 heterocycles. The average molecular weight is 469 g/mol. The molecule has 180 valence electrons. The lowest BCUT2D eigenvalue weighted by atomic mass is 9.93. The Kier molecular flexibility index (Phi) is 7.30. The number of hydrogen-bond donors (Lipinski definition) is 2. The minimum absolute atomic E-state index is 0.0717. The highest BCUT2D eigenvalue weighted by atomic mass is 16.2. The van der Waals surface area contributed by atoms with E-state index in [4.69, 9.17) is 5.73 Å². The summed E-state index contributed by atoms with van der Waals surface area (Å²) in [5, 5.41) is 3.07. The van der Waals surface area contributed by atoms with Gasteiger partial charge in [-0.2, -0.15) is 0 Å².